The zero-order valence-corrected chi connectivity index (χ0v) is 7.64. The number of nitrogens with zero attached hydrogens (tertiary/aromatic N) is 1. The van der Waals surface area contributed by atoms with Crippen LogP contribution < -0.4 is 4.84 Å². The van der Waals surface area contributed by atoms with Gasteiger partial charge in [0.1, 0.15) is 0 Å². The summed E-state index contributed by atoms with van der Waals surface area (Å²) in [7, 11) is 1.55. The summed E-state index contributed by atoms with van der Waals surface area (Å²) in [6, 6.07) is 9.44. The van der Waals surface area contributed by atoms with Gasteiger partial charge in [-0.25, -0.2) is 0 Å². The van der Waals surface area contributed by atoms with E-state index in [2.05, 4.69) is 6.58 Å². The van der Waals surface area contributed by atoms with Crippen molar-refractivity contribution in [2.24, 2.45) is 0 Å². The Labute approximate surface area is 78.1 Å². The molecule has 13 heavy (non-hydrogen) atoms. The third-order valence-corrected chi connectivity index (χ3v) is 1.43. The Kier molecular flexibility index (Phi) is 4.02. The third kappa shape index (κ3) is 3.27. The van der Waals surface area contributed by atoms with Crippen LogP contribution >= 0.6 is 0 Å². The van der Waals surface area contributed by atoms with Crippen LogP contribution in [-0.2, 0) is 4.84 Å². The van der Waals surface area contributed by atoms with E-state index in [1.807, 2.05) is 30.3 Å². The van der Waals surface area contributed by atoms with E-state index in [-0.39, 0.29) is 0 Å². The average Bonchev–Trinajstić information content (AvgIpc) is 2.19. The molecule has 1 rings (SSSR count). The van der Waals surface area contributed by atoms with E-state index in [9.17, 15) is 0 Å². The largest absolute Gasteiger partial charge is 0.380 e. The monoisotopic (exact) mass is 179 g/mol. The Balaban J connectivity index is 2.51. The van der Waals surface area contributed by atoms with Crippen LogP contribution in [0, 0.1) is 0 Å². The molecule has 0 fully saturated rings. The van der Waals surface area contributed by atoms with Crippen LogP contribution in [0.15, 0.2) is 43.0 Å². The smallest absolute Gasteiger partial charge is 0.150 e. The van der Waals surface area contributed by atoms with Gasteiger partial charge in [-0.3, -0.25) is 4.84 Å². The number of hydrogen-bond acceptors (Lipinski definition) is 3. The van der Waals surface area contributed by atoms with E-state index in [0.717, 1.165) is 5.75 Å². The van der Waals surface area contributed by atoms with E-state index < -0.39 is 0 Å². The number of rotatable bonds is 5. The van der Waals surface area contributed by atoms with Crippen molar-refractivity contribution in [1.29, 1.82) is 0 Å². The standard InChI is InChI=1S/C10H13NO2/c1-3-9-11(12-2)13-10-7-5-4-6-8-10/h3-8H,1,9H2,2H3. The van der Waals surface area contributed by atoms with Crippen molar-refractivity contribution < 1.29 is 9.68 Å². The first-order valence-corrected chi connectivity index (χ1v) is 4.02. The van der Waals surface area contributed by atoms with E-state index in [1.54, 1.807) is 13.2 Å². The Hall–Kier alpha value is -1.32. The molecule has 0 aliphatic carbocycles. The van der Waals surface area contributed by atoms with Crippen molar-refractivity contribution >= 4 is 0 Å². The minimum atomic E-state index is 0.519. The van der Waals surface area contributed by atoms with Crippen LogP contribution in [0.2, 0.25) is 0 Å². The van der Waals surface area contributed by atoms with Gasteiger partial charge in [-0.05, 0) is 17.4 Å². The Bertz CT molecular complexity index is 248. The van der Waals surface area contributed by atoms with Crippen molar-refractivity contribution in [3.05, 3.63) is 43.0 Å². The van der Waals surface area contributed by atoms with Crippen molar-refractivity contribution in [3.8, 4) is 5.75 Å². The molecule has 0 bridgehead atoms. The van der Waals surface area contributed by atoms with E-state index in [4.69, 9.17) is 9.68 Å². The zero-order chi connectivity index (χ0) is 9.52. The third-order valence-electron chi connectivity index (χ3n) is 1.43. The molecule has 3 heteroatoms. The normalized spacial score (nSPS) is 10.0. The second kappa shape index (κ2) is 5.35. The summed E-state index contributed by atoms with van der Waals surface area (Å²) >= 11 is 0. The van der Waals surface area contributed by atoms with Crippen molar-refractivity contribution in [3.63, 3.8) is 0 Å². The van der Waals surface area contributed by atoms with Gasteiger partial charge in [0.2, 0.25) is 0 Å². The summed E-state index contributed by atoms with van der Waals surface area (Å²) in [5.74, 6) is 0.742. The van der Waals surface area contributed by atoms with Gasteiger partial charge < -0.3 is 4.84 Å². The summed E-state index contributed by atoms with van der Waals surface area (Å²) in [5.41, 5.74) is 0. The van der Waals surface area contributed by atoms with Crippen LogP contribution in [0.5, 0.6) is 5.75 Å². The van der Waals surface area contributed by atoms with Crippen LogP contribution in [-0.4, -0.2) is 18.9 Å². The highest BCUT2D eigenvalue weighted by molar-refractivity contribution is 5.20. The second-order valence-corrected chi connectivity index (χ2v) is 2.39. The predicted molar refractivity (Wildman–Crippen MR) is 51.0 cm³/mol. The van der Waals surface area contributed by atoms with Crippen LogP contribution in [0.25, 0.3) is 0 Å². The molecule has 0 spiro atoms. The highest BCUT2D eigenvalue weighted by Crippen LogP contribution is 2.10. The molecule has 0 saturated heterocycles. The first-order chi connectivity index (χ1) is 6.36. The lowest BCUT2D eigenvalue weighted by molar-refractivity contribution is -0.295. The molecule has 0 aliphatic heterocycles. The minimum absolute atomic E-state index is 0.519. The van der Waals surface area contributed by atoms with E-state index >= 15 is 0 Å². The minimum Gasteiger partial charge on any atom is -0.380 e. The molecule has 0 radical (unpaired) electrons. The molecular formula is C10H13NO2. The van der Waals surface area contributed by atoms with Gasteiger partial charge in [0.15, 0.2) is 5.75 Å². The van der Waals surface area contributed by atoms with Crippen molar-refractivity contribution in [2.45, 2.75) is 0 Å². The Morgan fingerprint density at radius 2 is 2.08 bits per heavy atom. The summed E-state index contributed by atoms with van der Waals surface area (Å²) in [5, 5.41) is 1.35. The molecule has 0 heterocycles. The lowest BCUT2D eigenvalue weighted by atomic mass is 10.3. The lowest BCUT2D eigenvalue weighted by Gasteiger charge is -2.17. The van der Waals surface area contributed by atoms with Gasteiger partial charge in [0.25, 0.3) is 0 Å². The maximum absolute atomic E-state index is 5.34. The van der Waals surface area contributed by atoms with E-state index in [1.165, 1.54) is 5.23 Å². The maximum atomic E-state index is 5.34. The molecule has 1 aromatic carbocycles. The first-order valence-electron chi connectivity index (χ1n) is 4.02. The quantitative estimate of drug-likeness (QED) is 0.510. The van der Waals surface area contributed by atoms with Gasteiger partial charge in [-0.2, -0.15) is 0 Å². The molecule has 0 aromatic heterocycles. The SMILES string of the molecule is C=CCN(OC)Oc1ccccc1. The number of hydrogen-bond donors (Lipinski definition) is 0. The molecule has 0 saturated carbocycles. The van der Waals surface area contributed by atoms with Gasteiger partial charge in [-0.15, -0.1) is 6.58 Å². The summed E-state index contributed by atoms with van der Waals surface area (Å²) < 4.78 is 0. The molecular weight excluding hydrogens is 166 g/mol. The molecule has 0 unspecified atom stereocenters. The molecule has 0 aliphatic rings. The molecule has 1 aromatic rings. The molecule has 70 valence electrons. The fourth-order valence-electron chi connectivity index (χ4n) is 0.853. The van der Waals surface area contributed by atoms with Gasteiger partial charge in [0, 0.05) is 0 Å². The van der Waals surface area contributed by atoms with E-state index in [0.29, 0.717) is 6.54 Å². The van der Waals surface area contributed by atoms with Crippen LogP contribution in [0.3, 0.4) is 0 Å². The van der Waals surface area contributed by atoms with Gasteiger partial charge in [-0.1, -0.05) is 24.3 Å². The van der Waals surface area contributed by atoms with Crippen molar-refractivity contribution in [1.82, 2.24) is 5.23 Å². The highest BCUT2D eigenvalue weighted by Gasteiger charge is 2.01. The lowest BCUT2D eigenvalue weighted by Crippen LogP contribution is -2.26. The second-order valence-electron chi connectivity index (χ2n) is 2.39. The molecule has 3 nitrogen and oxygen atoms in total. The fraction of sp³-hybridized carbons (Fsp3) is 0.200. The molecule has 0 amide bonds. The summed E-state index contributed by atoms with van der Waals surface area (Å²) in [6.07, 6.45) is 1.70. The fourth-order valence-corrected chi connectivity index (χ4v) is 0.853. The van der Waals surface area contributed by atoms with Crippen LogP contribution in [0.1, 0.15) is 0 Å². The highest BCUT2D eigenvalue weighted by atomic mass is 16.9. The molecule has 0 N–H and O–H groups in total. The van der Waals surface area contributed by atoms with Gasteiger partial charge in [0.05, 0.1) is 13.7 Å². The topological polar surface area (TPSA) is 21.7 Å². The number of para-hydroxylation sites is 1. The first kappa shape index (κ1) is 9.77. The van der Waals surface area contributed by atoms with Crippen LogP contribution in [0.4, 0.5) is 0 Å². The maximum Gasteiger partial charge on any atom is 0.150 e. The number of hydroxylamine groups is 2. The zero-order valence-electron chi connectivity index (χ0n) is 7.64. The average molecular weight is 179 g/mol. The summed E-state index contributed by atoms with van der Waals surface area (Å²) in [6.45, 7) is 4.11. The Morgan fingerprint density at radius 3 is 2.62 bits per heavy atom. The van der Waals surface area contributed by atoms with Crippen molar-refractivity contribution in [2.75, 3.05) is 13.7 Å². The molecule has 0 atom stereocenters. The summed E-state index contributed by atoms with van der Waals surface area (Å²) in [4.78, 5) is 10.3. The Morgan fingerprint density at radius 1 is 1.38 bits per heavy atom. The number of benzene rings is 1. The predicted octanol–water partition coefficient (Wildman–Crippen LogP) is 2.03. The van der Waals surface area contributed by atoms with Gasteiger partial charge >= 0.3 is 0 Å².